The lowest BCUT2D eigenvalue weighted by Crippen LogP contribution is -2.38. The molecule has 1 heterocycles. The summed E-state index contributed by atoms with van der Waals surface area (Å²) in [6, 6.07) is 8.52. The fourth-order valence-electron chi connectivity index (χ4n) is 2.99. The van der Waals surface area contributed by atoms with Gasteiger partial charge in [-0.2, -0.15) is 4.98 Å². The van der Waals surface area contributed by atoms with Gasteiger partial charge in [-0.05, 0) is 37.6 Å². The van der Waals surface area contributed by atoms with Gasteiger partial charge in [-0.25, -0.2) is 13.2 Å². The number of hydrogen-bond acceptors (Lipinski definition) is 6. The number of halogens is 3. The average molecular weight is 478 g/mol. The minimum Gasteiger partial charge on any atom is -0.338 e. The molecule has 0 saturated carbocycles. The van der Waals surface area contributed by atoms with Crippen molar-refractivity contribution < 1.29 is 27.3 Å². The third-order valence-electron chi connectivity index (χ3n) is 4.46. The maximum atomic E-state index is 13.9. The Hall–Kier alpha value is -3.34. The van der Waals surface area contributed by atoms with Gasteiger partial charge in [-0.1, -0.05) is 24.2 Å². The lowest BCUT2D eigenvalue weighted by Gasteiger charge is -2.23. The van der Waals surface area contributed by atoms with Crippen LogP contribution >= 0.6 is 11.8 Å². The summed E-state index contributed by atoms with van der Waals surface area (Å²) in [5, 5.41) is 5.92. The van der Waals surface area contributed by atoms with Gasteiger partial charge in [-0.15, -0.1) is 11.8 Å². The molecule has 0 unspecified atom stereocenters. The van der Waals surface area contributed by atoms with Crippen LogP contribution in [0.15, 0.2) is 45.8 Å². The Morgan fingerprint density at radius 3 is 2.58 bits per heavy atom. The van der Waals surface area contributed by atoms with Crippen LogP contribution in [0.3, 0.4) is 0 Å². The number of amides is 2. The van der Waals surface area contributed by atoms with Crippen LogP contribution in [0.2, 0.25) is 0 Å². The van der Waals surface area contributed by atoms with Gasteiger partial charge in [0.2, 0.25) is 11.8 Å². The predicted molar refractivity (Wildman–Crippen MR) is 116 cm³/mol. The third-order valence-corrected chi connectivity index (χ3v) is 5.52. The number of anilines is 1. The molecule has 0 radical (unpaired) electrons. The van der Waals surface area contributed by atoms with Gasteiger partial charge >= 0.3 is 0 Å². The molecule has 0 saturated heterocycles. The molecule has 0 spiro atoms. The topological polar surface area (TPSA) is 88.3 Å². The first kappa shape index (κ1) is 24.3. The summed E-state index contributed by atoms with van der Waals surface area (Å²) in [6.45, 7) is 3.40. The molecule has 174 valence electrons. The summed E-state index contributed by atoms with van der Waals surface area (Å²) >= 11 is 1.33. The first-order valence-electron chi connectivity index (χ1n) is 10.0. The van der Waals surface area contributed by atoms with Crippen LogP contribution < -0.4 is 5.32 Å². The molecule has 11 heteroatoms. The number of carbonyl (C=O) groups is 2. The Morgan fingerprint density at radius 2 is 1.88 bits per heavy atom. The van der Waals surface area contributed by atoms with Gasteiger partial charge in [0, 0.05) is 11.4 Å². The molecule has 0 aliphatic rings. The van der Waals surface area contributed by atoms with E-state index in [2.05, 4.69) is 15.5 Å². The van der Waals surface area contributed by atoms with E-state index in [1.807, 2.05) is 6.92 Å². The van der Waals surface area contributed by atoms with Crippen molar-refractivity contribution in [1.82, 2.24) is 15.0 Å². The Bertz CT molecular complexity index is 1160. The van der Waals surface area contributed by atoms with Crippen LogP contribution in [0.1, 0.15) is 35.4 Å². The monoisotopic (exact) mass is 478 g/mol. The Kier molecular flexibility index (Phi) is 8.10. The van der Waals surface area contributed by atoms with E-state index in [4.69, 9.17) is 4.52 Å². The van der Waals surface area contributed by atoms with Crippen LogP contribution in [0.4, 0.5) is 18.9 Å². The zero-order chi connectivity index (χ0) is 24.0. The van der Waals surface area contributed by atoms with Crippen LogP contribution in [0.25, 0.3) is 0 Å². The first-order chi connectivity index (χ1) is 15.8. The number of carbonyl (C=O) groups excluding carboxylic acids is 2. The summed E-state index contributed by atoms with van der Waals surface area (Å²) in [6.07, 6.45) is 0.565. The Morgan fingerprint density at radius 1 is 1.12 bits per heavy atom. The van der Waals surface area contributed by atoms with Crippen LogP contribution in [-0.4, -0.2) is 39.9 Å². The Balaban J connectivity index is 1.73. The van der Waals surface area contributed by atoms with Gasteiger partial charge in [0.1, 0.15) is 6.54 Å². The largest absolute Gasteiger partial charge is 0.338 e. The van der Waals surface area contributed by atoms with Crippen LogP contribution in [0, 0.1) is 24.4 Å². The number of aryl methyl sites for hydroxylation is 1. The number of nitrogens with zero attached hydrogens (tertiary/aromatic N) is 3. The maximum absolute atomic E-state index is 13.9. The molecule has 0 aliphatic heterocycles. The highest BCUT2D eigenvalue weighted by molar-refractivity contribution is 7.98. The molecule has 3 rings (SSSR count). The number of rotatable bonds is 9. The normalized spacial score (nSPS) is 10.8. The molecule has 1 N–H and O–H groups in total. The van der Waals surface area contributed by atoms with Crippen molar-refractivity contribution in [3.05, 3.63) is 71.1 Å². The zero-order valence-electron chi connectivity index (χ0n) is 17.9. The van der Waals surface area contributed by atoms with Gasteiger partial charge in [-0.3, -0.25) is 9.59 Å². The average Bonchev–Trinajstić information content (AvgIpc) is 3.22. The SMILES string of the molecule is CCCN(CC(=O)Nc1ccc(F)c(F)c1F)C(=O)c1ccccc1SCc1nc(C)no1. The minimum atomic E-state index is -1.68. The minimum absolute atomic E-state index is 0.258. The second kappa shape index (κ2) is 11.0. The van der Waals surface area contributed by atoms with E-state index in [1.165, 1.54) is 16.7 Å². The molecule has 1 aromatic heterocycles. The van der Waals surface area contributed by atoms with Crippen molar-refractivity contribution in [3.8, 4) is 0 Å². The molecular formula is C22H21F3N4O3S. The second-order valence-corrected chi connectivity index (χ2v) is 8.04. The van der Waals surface area contributed by atoms with E-state index in [0.717, 1.165) is 6.07 Å². The van der Waals surface area contributed by atoms with Crippen molar-refractivity contribution in [1.29, 1.82) is 0 Å². The molecule has 7 nitrogen and oxygen atoms in total. The van der Waals surface area contributed by atoms with Crippen molar-refractivity contribution in [2.45, 2.75) is 30.9 Å². The number of thioether (sulfide) groups is 1. The number of benzene rings is 2. The summed E-state index contributed by atoms with van der Waals surface area (Å²) in [7, 11) is 0. The van der Waals surface area contributed by atoms with Crippen molar-refractivity contribution in [3.63, 3.8) is 0 Å². The molecular weight excluding hydrogens is 457 g/mol. The first-order valence-corrected chi connectivity index (χ1v) is 11.0. The van der Waals surface area contributed by atoms with Gasteiger partial charge in [0.25, 0.3) is 5.91 Å². The van der Waals surface area contributed by atoms with Gasteiger partial charge in [0.05, 0.1) is 17.0 Å². The van der Waals surface area contributed by atoms with E-state index in [1.54, 1.807) is 31.2 Å². The number of nitrogens with one attached hydrogen (secondary N) is 1. The molecule has 3 aromatic rings. The van der Waals surface area contributed by atoms with Crippen LogP contribution in [-0.2, 0) is 10.5 Å². The molecule has 0 fully saturated rings. The summed E-state index contributed by atoms with van der Waals surface area (Å²) in [5.41, 5.74) is -0.132. The van der Waals surface area contributed by atoms with Crippen molar-refractivity contribution in [2.75, 3.05) is 18.4 Å². The third kappa shape index (κ3) is 6.13. The highest BCUT2D eigenvalue weighted by Crippen LogP contribution is 2.27. The molecule has 0 bridgehead atoms. The summed E-state index contributed by atoms with van der Waals surface area (Å²) < 4.78 is 45.5. The summed E-state index contributed by atoms with van der Waals surface area (Å²) in [5.74, 6) is -4.42. The molecule has 0 atom stereocenters. The van der Waals surface area contributed by atoms with E-state index in [0.29, 0.717) is 40.4 Å². The second-order valence-electron chi connectivity index (χ2n) is 7.02. The lowest BCUT2D eigenvalue weighted by molar-refractivity contribution is -0.116. The van der Waals surface area contributed by atoms with Crippen molar-refractivity contribution in [2.24, 2.45) is 0 Å². The Labute approximate surface area is 192 Å². The van der Waals surface area contributed by atoms with Crippen molar-refractivity contribution >= 4 is 29.3 Å². The fourth-order valence-corrected chi connectivity index (χ4v) is 3.87. The van der Waals surface area contributed by atoms with Crippen LogP contribution in [0.5, 0.6) is 0 Å². The zero-order valence-corrected chi connectivity index (χ0v) is 18.7. The van der Waals surface area contributed by atoms with E-state index in [-0.39, 0.29) is 6.54 Å². The highest BCUT2D eigenvalue weighted by atomic mass is 32.2. The summed E-state index contributed by atoms with van der Waals surface area (Å²) in [4.78, 5) is 31.8. The maximum Gasteiger partial charge on any atom is 0.255 e. The highest BCUT2D eigenvalue weighted by Gasteiger charge is 2.22. The molecule has 2 amide bonds. The van der Waals surface area contributed by atoms with Gasteiger partial charge < -0.3 is 14.7 Å². The number of hydrogen-bond donors (Lipinski definition) is 1. The van der Waals surface area contributed by atoms with E-state index < -0.39 is 41.5 Å². The number of aromatic nitrogens is 2. The molecule has 2 aromatic carbocycles. The quantitative estimate of drug-likeness (QED) is 0.358. The standard InChI is InChI=1S/C22H21F3N4O3S/c1-3-10-29(11-18(30)27-16-9-8-15(23)20(24)21(16)25)22(31)14-6-4-5-7-17(14)33-12-19-26-13(2)28-32-19/h4-9H,3,10-12H2,1-2H3,(H,27,30). The molecule has 33 heavy (non-hydrogen) atoms. The van der Waals surface area contributed by atoms with Gasteiger partial charge in [0.15, 0.2) is 23.3 Å². The molecule has 0 aliphatic carbocycles. The van der Waals surface area contributed by atoms with E-state index in [9.17, 15) is 22.8 Å². The predicted octanol–water partition coefficient (Wildman–Crippen LogP) is 4.58. The fraction of sp³-hybridized carbons (Fsp3) is 0.273. The smallest absolute Gasteiger partial charge is 0.255 e. The van der Waals surface area contributed by atoms with E-state index >= 15 is 0 Å². The lowest BCUT2D eigenvalue weighted by atomic mass is 10.2.